The van der Waals surface area contributed by atoms with Crippen molar-refractivity contribution in [3.63, 3.8) is 0 Å². The summed E-state index contributed by atoms with van der Waals surface area (Å²) in [6.07, 6.45) is 6.39. The van der Waals surface area contributed by atoms with Crippen LogP contribution in [-0.2, 0) is 21.6 Å². The number of piperidine rings is 1. The molecule has 1 atom stereocenters. The molecule has 1 unspecified atom stereocenters. The molecule has 1 amide bonds. The normalized spacial score (nSPS) is 23.3. The molecule has 1 aromatic carbocycles. The number of amides is 1. The van der Waals surface area contributed by atoms with Gasteiger partial charge in [0.25, 0.3) is 0 Å². The van der Waals surface area contributed by atoms with Crippen molar-refractivity contribution in [1.82, 2.24) is 15.2 Å². The standard InChI is InChI=1S/C22H31N3O2/c1-22(16-23-20(26)10-7-14-25-12-5-2-6-13-25)21-18(11-15-27-22)17-8-3-4-9-19(17)24-21/h3-4,8-9,24H,2,5-7,10-16H2,1H3,(H,23,26). The van der Waals surface area contributed by atoms with Crippen molar-refractivity contribution in [2.45, 2.75) is 51.0 Å². The second kappa shape index (κ2) is 8.03. The SMILES string of the molecule is CC1(CNC(=O)CCCN2CCCCC2)OCCc2c1[nH]c1ccccc21. The maximum Gasteiger partial charge on any atom is 0.220 e. The second-order valence-corrected chi connectivity index (χ2v) is 8.14. The number of carbonyl (C=O) groups excluding carboxylic acids is 1. The Kier molecular flexibility index (Phi) is 5.50. The van der Waals surface area contributed by atoms with Crippen LogP contribution in [0.5, 0.6) is 0 Å². The van der Waals surface area contributed by atoms with Crippen molar-refractivity contribution in [1.29, 1.82) is 0 Å². The first kappa shape index (κ1) is 18.5. The lowest BCUT2D eigenvalue weighted by atomic mass is 9.92. The number of carbonyl (C=O) groups is 1. The molecule has 0 spiro atoms. The highest BCUT2D eigenvalue weighted by atomic mass is 16.5. The summed E-state index contributed by atoms with van der Waals surface area (Å²) in [6.45, 7) is 6.70. The topological polar surface area (TPSA) is 57.4 Å². The molecule has 146 valence electrons. The van der Waals surface area contributed by atoms with E-state index < -0.39 is 5.60 Å². The lowest BCUT2D eigenvalue weighted by molar-refractivity contribution is -0.123. The maximum absolute atomic E-state index is 12.4. The first-order valence-corrected chi connectivity index (χ1v) is 10.4. The first-order valence-electron chi connectivity index (χ1n) is 10.4. The van der Waals surface area contributed by atoms with Crippen molar-refractivity contribution < 1.29 is 9.53 Å². The number of likely N-dealkylation sites (tertiary alicyclic amines) is 1. The molecule has 0 radical (unpaired) electrons. The minimum Gasteiger partial charge on any atom is -0.367 e. The molecule has 27 heavy (non-hydrogen) atoms. The highest BCUT2D eigenvalue weighted by Crippen LogP contribution is 2.36. The van der Waals surface area contributed by atoms with E-state index in [1.54, 1.807) is 0 Å². The Balaban J connectivity index is 1.33. The Labute approximate surface area is 161 Å². The number of hydrogen-bond donors (Lipinski definition) is 2. The fraction of sp³-hybridized carbons (Fsp3) is 0.591. The zero-order chi connectivity index (χ0) is 18.7. The molecule has 0 saturated carbocycles. The molecule has 0 bridgehead atoms. The largest absolute Gasteiger partial charge is 0.367 e. The van der Waals surface area contributed by atoms with Crippen LogP contribution in [0.2, 0.25) is 0 Å². The van der Waals surface area contributed by atoms with E-state index in [2.05, 4.69) is 40.3 Å². The number of aromatic amines is 1. The minimum absolute atomic E-state index is 0.125. The van der Waals surface area contributed by atoms with Gasteiger partial charge in [-0.15, -0.1) is 0 Å². The van der Waals surface area contributed by atoms with E-state index in [0.29, 0.717) is 19.6 Å². The number of nitrogens with zero attached hydrogens (tertiary/aromatic N) is 1. The van der Waals surface area contributed by atoms with Crippen LogP contribution < -0.4 is 5.32 Å². The summed E-state index contributed by atoms with van der Waals surface area (Å²) in [6, 6.07) is 8.39. The Morgan fingerprint density at radius 1 is 1.26 bits per heavy atom. The molecule has 2 aliphatic rings. The minimum atomic E-state index is -0.491. The Bertz CT molecular complexity index is 794. The summed E-state index contributed by atoms with van der Waals surface area (Å²) in [4.78, 5) is 18.4. The second-order valence-electron chi connectivity index (χ2n) is 8.14. The number of para-hydroxylation sites is 1. The van der Waals surface area contributed by atoms with Gasteiger partial charge in [-0.1, -0.05) is 24.6 Å². The van der Waals surface area contributed by atoms with Crippen LogP contribution in [0.4, 0.5) is 0 Å². The monoisotopic (exact) mass is 369 g/mol. The predicted molar refractivity (Wildman–Crippen MR) is 108 cm³/mol. The van der Waals surface area contributed by atoms with Crippen LogP contribution in [-0.4, -0.2) is 48.6 Å². The molecule has 2 aromatic rings. The zero-order valence-corrected chi connectivity index (χ0v) is 16.4. The van der Waals surface area contributed by atoms with Crippen molar-refractivity contribution >= 4 is 16.8 Å². The summed E-state index contributed by atoms with van der Waals surface area (Å²) in [7, 11) is 0. The molecule has 2 N–H and O–H groups in total. The molecular formula is C22H31N3O2. The van der Waals surface area contributed by atoms with Gasteiger partial charge in [0, 0.05) is 17.3 Å². The van der Waals surface area contributed by atoms with E-state index >= 15 is 0 Å². The number of hydrogen-bond acceptors (Lipinski definition) is 3. The third-order valence-corrected chi connectivity index (χ3v) is 6.06. The molecule has 0 aliphatic carbocycles. The highest BCUT2D eigenvalue weighted by molar-refractivity contribution is 5.85. The zero-order valence-electron chi connectivity index (χ0n) is 16.4. The van der Waals surface area contributed by atoms with Gasteiger partial charge in [0.1, 0.15) is 5.60 Å². The molecule has 1 aromatic heterocycles. The fourth-order valence-corrected chi connectivity index (χ4v) is 4.50. The van der Waals surface area contributed by atoms with Gasteiger partial charge >= 0.3 is 0 Å². The van der Waals surface area contributed by atoms with Gasteiger partial charge in [0.05, 0.1) is 18.8 Å². The third-order valence-electron chi connectivity index (χ3n) is 6.06. The number of fused-ring (bicyclic) bond motifs is 3. The van der Waals surface area contributed by atoms with Crippen LogP contribution in [0, 0.1) is 0 Å². The number of benzene rings is 1. The molecule has 3 heterocycles. The Morgan fingerprint density at radius 3 is 2.93 bits per heavy atom. The average molecular weight is 370 g/mol. The highest BCUT2D eigenvalue weighted by Gasteiger charge is 2.36. The van der Waals surface area contributed by atoms with Crippen molar-refractivity contribution in [3.8, 4) is 0 Å². The smallest absolute Gasteiger partial charge is 0.220 e. The number of nitrogens with one attached hydrogen (secondary N) is 2. The van der Waals surface area contributed by atoms with E-state index in [1.807, 2.05) is 6.07 Å². The summed E-state index contributed by atoms with van der Waals surface area (Å²) in [5, 5.41) is 4.39. The molecule has 2 aliphatic heterocycles. The van der Waals surface area contributed by atoms with E-state index in [0.717, 1.165) is 30.6 Å². The van der Waals surface area contributed by atoms with Gasteiger partial charge in [-0.05, 0) is 63.9 Å². The van der Waals surface area contributed by atoms with Crippen molar-refractivity contribution in [3.05, 3.63) is 35.5 Å². The van der Waals surface area contributed by atoms with Gasteiger partial charge < -0.3 is 19.9 Å². The van der Waals surface area contributed by atoms with E-state index in [-0.39, 0.29) is 5.91 Å². The maximum atomic E-state index is 12.4. The fourth-order valence-electron chi connectivity index (χ4n) is 4.50. The molecule has 5 nitrogen and oxygen atoms in total. The van der Waals surface area contributed by atoms with Crippen LogP contribution in [0.15, 0.2) is 24.3 Å². The first-order chi connectivity index (χ1) is 13.2. The van der Waals surface area contributed by atoms with Crippen LogP contribution >= 0.6 is 0 Å². The van der Waals surface area contributed by atoms with Crippen LogP contribution in [0.1, 0.15) is 50.3 Å². The summed E-state index contributed by atoms with van der Waals surface area (Å²) in [5.41, 5.74) is 3.10. The van der Waals surface area contributed by atoms with Crippen molar-refractivity contribution in [2.75, 3.05) is 32.8 Å². The molecular weight excluding hydrogens is 338 g/mol. The Hall–Kier alpha value is -1.85. The lowest BCUT2D eigenvalue weighted by Gasteiger charge is -2.34. The van der Waals surface area contributed by atoms with E-state index in [4.69, 9.17) is 4.74 Å². The number of ether oxygens (including phenoxy) is 1. The molecule has 1 fully saturated rings. The number of H-pyrrole nitrogens is 1. The molecule has 4 rings (SSSR count). The van der Waals surface area contributed by atoms with Crippen LogP contribution in [0.25, 0.3) is 10.9 Å². The summed E-state index contributed by atoms with van der Waals surface area (Å²) < 4.78 is 6.12. The molecule has 5 heteroatoms. The number of rotatable bonds is 6. The Morgan fingerprint density at radius 2 is 2.07 bits per heavy atom. The van der Waals surface area contributed by atoms with E-state index in [1.165, 1.54) is 43.3 Å². The quantitative estimate of drug-likeness (QED) is 0.821. The predicted octanol–water partition coefficient (Wildman–Crippen LogP) is 3.34. The average Bonchev–Trinajstić information content (AvgIpc) is 3.08. The number of aromatic nitrogens is 1. The van der Waals surface area contributed by atoms with Gasteiger partial charge in [-0.3, -0.25) is 4.79 Å². The van der Waals surface area contributed by atoms with Gasteiger partial charge in [-0.25, -0.2) is 0 Å². The summed E-state index contributed by atoms with van der Waals surface area (Å²) in [5.74, 6) is 0.125. The third kappa shape index (κ3) is 4.04. The van der Waals surface area contributed by atoms with E-state index in [9.17, 15) is 4.79 Å². The van der Waals surface area contributed by atoms with Crippen LogP contribution in [0.3, 0.4) is 0 Å². The van der Waals surface area contributed by atoms with Gasteiger partial charge in [0.15, 0.2) is 0 Å². The van der Waals surface area contributed by atoms with Gasteiger partial charge in [-0.2, -0.15) is 0 Å². The summed E-state index contributed by atoms with van der Waals surface area (Å²) >= 11 is 0. The van der Waals surface area contributed by atoms with Crippen molar-refractivity contribution in [2.24, 2.45) is 0 Å². The van der Waals surface area contributed by atoms with Gasteiger partial charge in [0.2, 0.25) is 5.91 Å². The molecule has 1 saturated heterocycles. The lowest BCUT2D eigenvalue weighted by Crippen LogP contribution is -2.44.